The van der Waals surface area contributed by atoms with Gasteiger partial charge in [0.15, 0.2) is 5.78 Å². The first kappa shape index (κ1) is 15.9. The van der Waals surface area contributed by atoms with Crippen molar-refractivity contribution in [3.63, 3.8) is 0 Å². The van der Waals surface area contributed by atoms with Crippen molar-refractivity contribution in [1.29, 1.82) is 0 Å². The van der Waals surface area contributed by atoms with Crippen LogP contribution < -0.4 is 5.63 Å². The molecule has 0 bridgehead atoms. The van der Waals surface area contributed by atoms with Crippen molar-refractivity contribution in [3.05, 3.63) is 88.8 Å². The van der Waals surface area contributed by atoms with Gasteiger partial charge in [-0.25, -0.2) is 4.79 Å². The first-order valence-electron chi connectivity index (χ1n) is 7.81. The number of rotatable bonds is 6. The Morgan fingerprint density at radius 3 is 2.29 bits per heavy atom. The van der Waals surface area contributed by atoms with Gasteiger partial charge in [-0.15, -0.1) is 19.7 Å². The average molecular weight is 318 g/mol. The molecule has 0 aromatic heterocycles. The van der Waals surface area contributed by atoms with Gasteiger partial charge in [0.25, 0.3) is 0 Å². The molecule has 3 rings (SSSR count). The van der Waals surface area contributed by atoms with E-state index in [1.165, 1.54) is 0 Å². The summed E-state index contributed by atoms with van der Waals surface area (Å²) in [5.41, 5.74) is 4.18. The van der Waals surface area contributed by atoms with Crippen molar-refractivity contribution in [2.24, 2.45) is 0 Å². The second kappa shape index (κ2) is 6.28. The van der Waals surface area contributed by atoms with E-state index in [9.17, 15) is 9.59 Å². The molecular weight excluding hydrogens is 300 g/mol. The minimum Gasteiger partial charge on any atom is -0.422 e. The van der Waals surface area contributed by atoms with Crippen molar-refractivity contribution >= 4 is 11.4 Å². The Hall–Kier alpha value is -2.94. The van der Waals surface area contributed by atoms with E-state index in [-0.39, 0.29) is 11.4 Å². The zero-order valence-corrected chi connectivity index (χ0v) is 13.4. The maximum atomic E-state index is 12.5. The minimum atomic E-state index is -0.354. The van der Waals surface area contributed by atoms with Crippen LogP contribution >= 0.6 is 0 Å². The minimum absolute atomic E-state index is 0.0241. The molecular formula is C21H18O3. The first-order valence-corrected chi connectivity index (χ1v) is 7.81. The highest BCUT2D eigenvalue weighted by Crippen LogP contribution is 2.37. The van der Waals surface area contributed by atoms with E-state index in [4.69, 9.17) is 4.42 Å². The number of hydrogen-bond acceptors (Lipinski definition) is 3. The van der Waals surface area contributed by atoms with E-state index >= 15 is 0 Å². The molecule has 0 N–H and O–H groups in total. The molecule has 0 aromatic carbocycles. The molecule has 0 aromatic rings. The lowest BCUT2D eigenvalue weighted by Crippen LogP contribution is -2.00. The summed E-state index contributed by atoms with van der Waals surface area (Å²) in [6.07, 6.45) is 8.38. The average Bonchev–Trinajstić information content (AvgIpc) is 2.93. The van der Waals surface area contributed by atoms with Gasteiger partial charge in [0.2, 0.25) is 0 Å². The molecule has 3 nitrogen and oxygen atoms in total. The zero-order valence-electron chi connectivity index (χ0n) is 13.4. The predicted molar refractivity (Wildman–Crippen MR) is 96.5 cm³/mol. The molecule has 120 valence electrons. The van der Waals surface area contributed by atoms with E-state index in [1.807, 2.05) is 6.07 Å². The summed E-state index contributed by atoms with van der Waals surface area (Å²) >= 11 is 0. The van der Waals surface area contributed by atoms with Crippen LogP contribution in [0.4, 0.5) is 0 Å². The second-order valence-corrected chi connectivity index (χ2v) is 5.76. The van der Waals surface area contributed by atoms with Crippen molar-refractivity contribution < 1.29 is 9.21 Å². The Balaban J connectivity index is 2.37. The Labute approximate surface area is 140 Å². The van der Waals surface area contributed by atoms with E-state index in [1.54, 1.807) is 30.4 Å². The van der Waals surface area contributed by atoms with E-state index in [0.29, 0.717) is 36.1 Å². The van der Waals surface area contributed by atoms with Gasteiger partial charge in [-0.1, -0.05) is 18.2 Å². The van der Waals surface area contributed by atoms with Crippen LogP contribution in [0.1, 0.15) is 33.5 Å². The Kier molecular flexibility index (Phi) is 4.17. The number of hydrogen-bond donors (Lipinski definition) is 0. The second-order valence-electron chi connectivity index (χ2n) is 5.76. The Bertz CT molecular complexity index is 925. The number of fused-ring (bicyclic) bond motifs is 2. The Morgan fingerprint density at radius 1 is 0.917 bits per heavy atom. The molecule has 0 saturated heterocycles. The van der Waals surface area contributed by atoms with Crippen molar-refractivity contribution in [1.82, 2.24) is 0 Å². The van der Waals surface area contributed by atoms with Gasteiger partial charge in [0, 0.05) is 11.1 Å². The number of ketones is 1. The van der Waals surface area contributed by atoms with Crippen LogP contribution in [0.15, 0.2) is 65.4 Å². The number of carbonyl (C=O) groups is 1. The van der Waals surface area contributed by atoms with Crippen molar-refractivity contribution in [2.75, 3.05) is 0 Å². The third-order valence-electron chi connectivity index (χ3n) is 4.20. The molecule has 0 unspecified atom stereocenters. The van der Waals surface area contributed by atoms with Gasteiger partial charge in [-0.2, -0.15) is 0 Å². The molecule has 0 saturated carbocycles. The third kappa shape index (κ3) is 2.48. The zero-order chi connectivity index (χ0) is 17.3. The molecule has 0 radical (unpaired) electrons. The van der Waals surface area contributed by atoms with Crippen LogP contribution in [0.25, 0.3) is 16.9 Å². The quantitative estimate of drug-likeness (QED) is 0.744. The van der Waals surface area contributed by atoms with Crippen LogP contribution in [-0.4, -0.2) is 5.78 Å². The summed E-state index contributed by atoms with van der Waals surface area (Å²) in [5.74, 6) is 0.470. The van der Waals surface area contributed by atoms with Crippen LogP contribution in [0.2, 0.25) is 0 Å². The van der Waals surface area contributed by atoms with Crippen molar-refractivity contribution in [3.8, 4) is 11.3 Å². The fourth-order valence-electron chi connectivity index (χ4n) is 3.19. The van der Waals surface area contributed by atoms with Gasteiger partial charge in [0.1, 0.15) is 5.76 Å². The van der Waals surface area contributed by atoms with Crippen LogP contribution in [-0.2, 0) is 12.8 Å². The lowest BCUT2D eigenvalue weighted by Gasteiger charge is -2.02. The fourth-order valence-corrected chi connectivity index (χ4v) is 3.19. The van der Waals surface area contributed by atoms with Gasteiger partial charge in [-0.05, 0) is 54.2 Å². The summed E-state index contributed by atoms with van der Waals surface area (Å²) in [7, 11) is 0. The topological polar surface area (TPSA) is 47.3 Å². The van der Waals surface area contributed by atoms with Gasteiger partial charge in [-0.3, -0.25) is 4.79 Å². The molecule has 24 heavy (non-hydrogen) atoms. The number of allylic oxidation sites excluding steroid dienone is 5. The molecule has 2 aliphatic carbocycles. The van der Waals surface area contributed by atoms with E-state index < -0.39 is 0 Å². The molecule has 0 spiro atoms. The summed E-state index contributed by atoms with van der Waals surface area (Å²) in [5, 5.41) is 0. The highest BCUT2D eigenvalue weighted by Gasteiger charge is 2.26. The summed E-state index contributed by atoms with van der Waals surface area (Å²) < 4.78 is 5.42. The van der Waals surface area contributed by atoms with Gasteiger partial charge in [0.05, 0.1) is 5.56 Å². The first-order chi connectivity index (χ1) is 11.6. The maximum Gasteiger partial charge on any atom is 0.340 e. The maximum absolute atomic E-state index is 12.5. The van der Waals surface area contributed by atoms with E-state index in [0.717, 1.165) is 22.3 Å². The smallest absolute Gasteiger partial charge is 0.340 e. The Morgan fingerprint density at radius 2 is 1.62 bits per heavy atom. The monoisotopic (exact) mass is 318 g/mol. The SMILES string of the molecule is C=CCC1=CC(=O)c2c(CC=C)cc3oc(=O)c(CC=C)c-3cc21. The van der Waals surface area contributed by atoms with Crippen molar-refractivity contribution in [2.45, 2.75) is 19.3 Å². The van der Waals surface area contributed by atoms with Crippen LogP contribution in [0.5, 0.6) is 0 Å². The number of furan rings is 1. The highest BCUT2D eigenvalue weighted by molar-refractivity contribution is 6.17. The predicted octanol–water partition coefficient (Wildman–Crippen LogP) is 4.36. The normalized spacial score (nSPS) is 12.8. The number of carbonyl (C=O) groups excluding carboxylic acids is 1. The largest absolute Gasteiger partial charge is 0.422 e. The lowest BCUT2D eigenvalue weighted by atomic mass is 10.00. The summed E-state index contributed by atoms with van der Waals surface area (Å²) in [6, 6.07) is 3.67. The standard InChI is InChI=1S/C21H18O3/c1-4-7-13-10-18(22)20-14(8-5-2)11-19-17(12-16(13)20)15(9-6-3)21(23)24-19/h4-6,10-12H,1-3,7-9H2. The fraction of sp³-hybridized carbons (Fsp3) is 0.143. The van der Waals surface area contributed by atoms with E-state index in [2.05, 4.69) is 19.7 Å². The lowest BCUT2D eigenvalue weighted by molar-refractivity contribution is 0.104. The highest BCUT2D eigenvalue weighted by atomic mass is 16.4. The molecule has 0 fully saturated rings. The summed E-state index contributed by atoms with van der Waals surface area (Å²) in [4.78, 5) is 24.6. The molecule has 0 amide bonds. The van der Waals surface area contributed by atoms with Gasteiger partial charge < -0.3 is 4.42 Å². The molecule has 0 atom stereocenters. The summed E-state index contributed by atoms with van der Waals surface area (Å²) in [6.45, 7) is 11.2. The van der Waals surface area contributed by atoms with Gasteiger partial charge >= 0.3 is 5.63 Å². The van der Waals surface area contributed by atoms with Crippen LogP contribution in [0, 0.1) is 0 Å². The molecule has 3 heteroatoms. The third-order valence-corrected chi connectivity index (χ3v) is 4.20. The molecule has 3 aliphatic rings. The van der Waals surface area contributed by atoms with Crippen LogP contribution in [0.3, 0.4) is 0 Å². The molecule has 1 heterocycles. The molecule has 1 aliphatic heterocycles.